The van der Waals surface area contributed by atoms with Crippen molar-refractivity contribution < 1.29 is 18.3 Å². The van der Waals surface area contributed by atoms with Gasteiger partial charge in [0.2, 0.25) is 0 Å². The van der Waals surface area contributed by atoms with E-state index in [0.717, 1.165) is 10.6 Å². The summed E-state index contributed by atoms with van der Waals surface area (Å²) in [6, 6.07) is 0.361. The van der Waals surface area contributed by atoms with E-state index >= 15 is 0 Å². The third-order valence-electron chi connectivity index (χ3n) is 2.55. The van der Waals surface area contributed by atoms with Gasteiger partial charge < -0.3 is 15.0 Å². The standard InChI is InChI=1S/C11H13BrF2N2O3/c1-5(4-19-2)16-8(9(13)14)7(12)3-6(10(15)17)11(16)18/h3,5,9H,4H2,1-2H3,(H2,15,17). The van der Waals surface area contributed by atoms with E-state index in [9.17, 15) is 18.4 Å². The Morgan fingerprint density at radius 2 is 2.16 bits per heavy atom. The van der Waals surface area contributed by atoms with Gasteiger partial charge in [-0.3, -0.25) is 9.59 Å². The van der Waals surface area contributed by atoms with E-state index in [-0.39, 0.29) is 16.6 Å². The molecule has 1 aromatic rings. The van der Waals surface area contributed by atoms with Gasteiger partial charge in [-0.25, -0.2) is 8.78 Å². The average molecular weight is 339 g/mol. The summed E-state index contributed by atoms with van der Waals surface area (Å²) in [5.41, 5.74) is 3.36. The van der Waals surface area contributed by atoms with Gasteiger partial charge in [0.15, 0.2) is 0 Å². The van der Waals surface area contributed by atoms with Crippen LogP contribution in [0.5, 0.6) is 0 Å². The van der Waals surface area contributed by atoms with E-state index in [2.05, 4.69) is 15.9 Å². The fraction of sp³-hybridized carbons (Fsp3) is 0.455. The molecular weight excluding hydrogens is 326 g/mol. The molecule has 0 aliphatic heterocycles. The zero-order valence-electron chi connectivity index (χ0n) is 10.3. The summed E-state index contributed by atoms with van der Waals surface area (Å²) >= 11 is 2.93. The molecule has 5 nitrogen and oxygen atoms in total. The molecule has 0 saturated carbocycles. The van der Waals surface area contributed by atoms with Crippen molar-refractivity contribution in [3.8, 4) is 0 Å². The molecule has 106 valence electrons. The summed E-state index contributed by atoms with van der Waals surface area (Å²) in [4.78, 5) is 23.2. The van der Waals surface area contributed by atoms with Crippen molar-refractivity contribution in [3.05, 3.63) is 32.2 Å². The average Bonchev–Trinajstić information content (AvgIpc) is 2.30. The second kappa shape index (κ2) is 6.25. The minimum absolute atomic E-state index is 0.0427. The number of alkyl halides is 2. The first kappa shape index (κ1) is 15.8. The number of primary amides is 1. The molecule has 8 heteroatoms. The lowest BCUT2D eigenvalue weighted by molar-refractivity contribution is 0.0991. The maximum Gasteiger partial charge on any atom is 0.279 e. The number of methoxy groups -OCH3 is 1. The molecule has 1 aromatic heterocycles. The van der Waals surface area contributed by atoms with Crippen LogP contribution in [0.4, 0.5) is 8.78 Å². The van der Waals surface area contributed by atoms with Crippen LogP contribution in [0.3, 0.4) is 0 Å². The fourth-order valence-corrected chi connectivity index (χ4v) is 2.35. The maximum absolute atomic E-state index is 13.1. The van der Waals surface area contributed by atoms with Crippen molar-refractivity contribution in [2.24, 2.45) is 5.73 Å². The fourth-order valence-electron chi connectivity index (χ4n) is 1.76. The Kier molecular flexibility index (Phi) is 5.19. The van der Waals surface area contributed by atoms with Crippen molar-refractivity contribution >= 4 is 21.8 Å². The third-order valence-corrected chi connectivity index (χ3v) is 3.18. The smallest absolute Gasteiger partial charge is 0.279 e. The molecule has 0 bridgehead atoms. The van der Waals surface area contributed by atoms with E-state index < -0.39 is 29.6 Å². The number of aromatic nitrogens is 1. The quantitative estimate of drug-likeness (QED) is 0.890. The van der Waals surface area contributed by atoms with Crippen molar-refractivity contribution in [3.63, 3.8) is 0 Å². The third kappa shape index (κ3) is 3.19. The van der Waals surface area contributed by atoms with Gasteiger partial charge in [-0.05, 0) is 28.9 Å². The summed E-state index contributed by atoms with van der Waals surface area (Å²) in [5.74, 6) is -0.968. The van der Waals surface area contributed by atoms with E-state index in [1.54, 1.807) is 0 Å². The highest BCUT2D eigenvalue weighted by Gasteiger charge is 2.25. The molecule has 19 heavy (non-hydrogen) atoms. The second-order valence-corrected chi connectivity index (χ2v) is 4.79. The highest BCUT2D eigenvalue weighted by atomic mass is 79.9. The highest BCUT2D eigenvalue weighted by molar-refractivity contribution is 9.10. The largest absolute Gasteiger partial charge is 0.383 e. The minimum Gasteiger partial charge on any atom is -0.383 e. The molecule has 2 N–H and O–H groups in total. The molecule has 0 aliphatic rings. The monoisotopic (exact) mass is 338 g/mol. The van der Waals surface area contributed by atoms with Crippen molar-refractivity contribution in [1.29, 1.82) is 0 Å². The number of halogens is 3. The summed E-state index contributed by atoms with van der Waals surface area (Å²) in [7, 11) is 1.39. The Labute approximate surface area is 116 Å². The van der Waals surface area contributed by atoms with Crippen LogP contribution in [0.1, 0.15) is 35.4 Å². The Hall–Kier alpha value is -1.28. The number of nitrogens with zero attached hydrogens (tertiary/aromatic N) is 1. The van der Waals surface area contributed by atoms with Crippen LogP contribution in [-0.2, 0) is 4.74 Å². The topological polar surface area (TPSA) is 74.3 Å². The molecule has 0 aromatic carbocycles. The Morgan fingerprint density at radius 1 is 1.58 bits per heavy atom. The van der Waals surface area contributed by atoms with E-state index in [1.807, 2.05) is 0 Å². The summed E-state index contributed by atoms with van der Waals surface area (Å²) < 4.78 is 31.8. The van der Waals surface area contributed by atoms with Crippen LogP contribution < -0.4 is 11.3 Å². The van der Waals surface area contributed by atoms with Gasteiger partial charge in [-0.15, -0.1) is 0 Å². The molecule has 0 aliphatic carbocycles. The molecular formula is C11H13BrF2N2O3. The van der Waals surface area contributed by atoms with E-state index in [4.69, 9.17) is 10.5 Å². The molecule has 0 saturated heterocycles. The Morgan fingerprint density at radius 3 is 2.58 bits per heavy atom. The second-order valence-electron chi connectivity index (χ2n) is 3.94. The molecule has 1 heterocycles. The number of ether oxygens (including phenoxy) is 1. The first-order valence-corrected chi connectivity index (χ1v) is 6.12. The SMILES string of the molecule is COCC(C)n1c(C(F)F)c(Br)cc(C(N)=O)c1=O. The summed E-state index contributed by atoms with van der Waals surface area (Å²) in [5, 5.41) is 0. The number of hydrogen-bond donors (Lipinski definition) is 1. The molecule has 1 amide bonds. The van der Waals surface area contributed by atoms with Crippen LogP contribution in [0, 0.1) is 0 Å². The first-order valence-electron chi connectivity index (χ1n) is 5.33. The normalized spacial score (nSPS) is 12.7. The Balaban J connectivity index is 3.62. The number of rotatable bonds is 5. The van der Waals surface area contributed by atoms with Gasteiger partial charge in [0.25, 0.3) is 17.9 Å². The number of amides is 1. The number of carbonyl (C=O) groups excluding carboxylic acids is 1. The van der Waals surface area contributed by atoms with Crippen LogP contribution in [-0.4, -0.2) is 24.2 Å². The Bertz CT molecular complexity index is 545. The van der Waals surface area contributed by atoms with E-state index in [1.165, 1.54) is 14.0 Å². The number of pyridine rings is 1. The van der Waals surface area contributed by atoms with E-state index in [0.29, 0.717) is 0 Å². The van der Waals surface area contributed by atoms with Crippen LogP contribution in [0.15, 0.2) is 15.3 Å². The summed E-state index contributed by atoms with van der Waals surface area (Å²) in [6.45, 7) is 1.59. The summed E-state index contributed by atoms with van der Waals surface area (Å²) in [6.07, 6.45) is -2.87. The van der Waals surface area contributed by atoms with Crippen LogP contribution >= 0.6 is 15.9 Å². The number of nitrogens with two attached hydrogens (primary N) is 1. The van der Waals surface area contributed by atoms with Gasteiger partial charge in [0, 0.05) is 11.6 Å². The first-order chi connectivity index (χ1) is 8.81. The molecule has 0 fully saturated rings. The zero-order chi connectivity index (χ0) is 14.7. The molecule has 0 radical (unpaired) electrons. The predicted octanol–water partition coefficient (Wildman–Crippen LogP) is 1.85. The zero-order valence-corrected chi connectivity index (χ0v) is 11.9. The maximum atomic E-state index is 13.1. The van der Waals surface area contributed by atoms with Gasteiger partial charge in [0.05, 0.1) is 12.6 Å². The molecule has 1 rings (SSSR count). The van der Waals surface area contributed by atoms with Crippen molar-refractivity contribution in [2.75, 3.05) is 13.7 Å². The molecule has 1 atom stereocenters. The lowest BCUT2D eigenvalue weighted by Crippen LogP contribution is -2.35. The van der Waals surface area contributed by atoms with Crippen molar-refractivity contribution in [1.82, 2.24) is 4.57 Å². The highest BCUT2D eigenvalue weighted by Crippen LogP contribution is 2.28. The predicted molar refractivity (Wildman–Crippen MR) is 68.5 cm³/mol. The van der Waals surface area contributed by atoms with Gasteiger partial charge in [0.1, 0.15) is 11.3 Å². The van der Waals surface area contributed by atoms with Gasteiger partial charge >= 0.3 is 0 Å². The van der Waals surface area contributed by atoms with Crippen LogP contribution in [0.2, 0.25) is 0 Å². The minimum atomic E-state index is -2.87. The van der Waals surface area contributed by atoms with Crippen LogP contribution in [0.25, 0.3) is 0 Å². The van der Waals surface area contributed by atoms with Crippen molar-refractivity contribution in [2.45, 2.75) is 19.4 Å². The lowest BCUT2D eigenvalue weighted by Gasteiger charge is -2.20. The number of carbonyl (C=O) groups is 1. The lowest BCUT2D eigenvalue weighted by atomic mass is 10.2. The molecule has 0 spiro atoms. The number of hydrogen-bond acceptors (Lipinski definition) is 3. The van der Waals surface area contributed by atoms with Gasteiger partial charge in [-0.2, -0.15) is 0 Å². The van der Waals surface area contributed by atoms with Gasteiger partial charge in [-0.1, -0.05) is 0 Å². The molecule has 1 unspecified atom stereocenters.